The number of rotatable bonds is 3. The fraction of sp³-hybridized carbons (Fsp3) is 0. The Balaban J connectivity index is 1.83. The van der Waals surface area contributed by atoms with E-state index in [-0.39, 0.29) is 5.56 Å². The molecule has 1 aliphatic rings. The molecular weight excluding hydrogens is 342 g/mol. The third-order valence-electron chi connectivity index (χ3n) is 4.24. The molecule has 0 amide bonds. The average Bonchev–Trinajstić information content (AvgIpc) is 2.72. The van der Waals surface area contributed by atoms with Gasteiger partial charge in [-0.15, -0.1) is 0 Å². The summed E-state index contributed by atoms with van der Waals surface area (Å²) < 4.78 is 34.3. The molecule has 27 heavy (non-hydrogen) atoms. The van der Waals surface area contributed by atoms with Crippen molar-refractivity contribution in [3.8, 4) is 0 Å². The minimum atomic E-state index is -0.599. The second-order valence-electron chi connectivity index (χ2n) is 6.13. The molecule has 4 rings (SSSR count). The Morgan fingerprint density at radius 2 is 1.07 bits per heavy atom. The van der Waals surface area contributed by atoms with Gasteiger partial charge >= 0.3 is 0 Å². The first-order chi connectivity index (χ1) is 13.2. The fourth-order valence-corrected chi connectivity index (χ4v) is 2.91. The van der Waals surface area contributed by atoms with Gasteiger partial charge in [0, 0.05) is 16.7 Å². The van der Waals surface area contributed by atoms with Gasteiger partial charge in [-0.2, -0.15) is 0 Å². The molecular formula is C24H16F2O. The highest BCUT2D eigenvalue weighted by molar-refractivity contribution is 5.80. The van der Waals surface area contributed by atoms with Gasteiger partial charge in [-0.3, -0.25) is 0 Å². The first-order valence-corrected chi connectivity index (χ1v) is 8.58. The van der Waals surface area contributed by atoms with Crippen LogP contribution in [0.25, 0.3) is 17.6 Å². The lowest BCUT2D eigenvalue weighted by Crippen LogP contribution is -2.00. The lowest BCUT2D eigenvalue weighted by molar-refractivity contribution is 0.467. The van der Waals surface area contributed by atoms with Crippen LogP contribution in [0.3, 0.4) is 0 Å². The summed E-state index contributed by atoms with van der Waals surface area (Å²) in [7, 11) is 0. The maximum atomic E-state index is 14.1. The van der Waals surface area contributed by atoms with Crippen molar-refractivity contribution in [3.05, 3.63) is 125 Å². The van der Waals surface area contributed by atoms with E-state index in [0.717, 1.165) is 11.1 Å². The second-order valence-corrected chi connectivity index (χ2v) is 6.13. The van der Waals surface area contributed by atoms with Crippen LogP contribution in [0, 0.1) is 11.6 Å². The quantitative estimate of drug-likeness (QED) is 0.522. The van der Waals surface area contributed by atoms with Crippen LogP contribution >= 0.6 is 0 Å². The summed E-state index contributed by atoms with van der Waals surface area (Å²) in [6, 6.07) is 23.1. The summed E-state index contributed by atoms with van der Waals surface area (Å²) in [5.41, 5.74) is 2.36. The summed E-state index contributed by atoms with van der Waals surface area (Å²) >= 11 is 0. The van der Waals surface area contributed by atoms with Crippen molar-refractivity contribution in [2.45, 2.75) is 0 Å². The monoisotopic (exact) mass is 358 g/mol. The lowest BCUT2D eigenvalue weighted by Gasteiger charge is -2.19. The van der Waals surface area contributed by atoms with E-state index in [9.17, 15) is 8.78 Å². The molecule has 0 fully saturated rings. The molecule has 0 radical (unpaired) electrons. The molecule has 3 heteroatoms. The molecule has 0 saturated heterocycles. The summed E-state index contributed by atoms with van der Waals surface area (Å²) in [4.78, 5) is 0. The zero-order valence-corrected chi connectivity index (χ0v) is 14.4. The van der Waals surface area contributed by atoms with Crippen LogP contribution in [0.4, 0.5) is 8.78 Å². The van der Waals surface area contributed by atoms with E-state index in [0.29, 0.717) is 17.1 Å². The molecule has 0 aromatic heterocycles. The van der Waals surface area contributed by atoms with Crippen LogP contribution in [0.15, 0.2) is 96.6 Å². The van der Waals surface area contributed by atoms with Gasteiger partial charge in [0.2, 0.25) is 0 Å². The van der Waals surface area contributed by atoms with E-state index in [2.05, 4.69) is 0 Å². The van der Waals surface area contributed by atoms with Crippen molar-refractivity contribution in [3.63, 3.8) is 0 Å². The first-order valence-electron chi connectivity index (χ1n) is 8.58. The topological polar surface area (TPSA) is 9.23 Å². The normalized spacial score (nSPS) is 13.5. The largest absolute Gasteiger partial charge is 0.456 e. The molecule has 1 aliphatic heterocycles. The summed E-state index contributed by atoms with van der Waals surface area (Å²) in [5.74, 6) is 0.0523. The molecule has 0 saturated carbocycles. The minimum absolute atomic E-state index is 0.0678. The highest BCUT2D eigenvalue weighted by Crippen LogP contribution is 2.33. The van der Waals surface area contributed by atoms with E-state index in [4.69, 9.17) is 4.74 Å². The third-order valence-corrected chi connectivity index (χ3v) is 4.24. The van der Waals surface area contributed by atoms with E-state index in [1.807, 2.05) is 60.7 Å². The van der Waals surface area contributed by atoms with E-state index in [1.165, 1.54) is 24.3 Å². The van der Waals surface area contributed by atoms with E-state index < -0.39 is 11.6 Å². The van der Waals surface area contributed by atoms with Gasteiger partial charge in [-0.05, 0) is 35.9 Å². The molecule has 0 aliphatic carbocycles. The molecule has 1 nitrogen and oxygen atoms in total. The zero-order chi connectivity index (χ0) is 18.6. The molecule has 1 heterocycles. The van der Waals surface area contributed by atoms with Gasteiger partial charge in [-0.1, -0.05) is 66.7 Å². The molecule has 0 atom stereocenters. The number of hydrogen-bond acceptors (Lipinski definition) is 1. The molecule has 0 spiro atoms. The predicted octanol–water partition coefficient (Wildman–Crippen LogP) is 6.46. The van der Waals surface area contributed by atoms with Crippen molar-refractivity contribution in [2.24, 2.45) is 0 Å². The number of benzene rings is 3. The Hall–Kier alpha value is -3.46. The standard InChI is InChI=1S/C24H16F2O/c25-21-12-7-13-22(26)20(21)14-17-15-23(18-8-3-1-4-9-18)27-24(16-17)19-10-5-2-6-11-19/h1-16H. The Bertz CT molecular complexity index is 971. The minimum Gasteiger partial charge on any atom is -0.456 e. The fourth-order valence-electron chi connectivity index (χ4n) is 2.91. The summed E-state index contributed by atoms with van der Waals surface area (Å²) in [6.45, 7) is 0. The van der Waals surface area contributed by atoms with Crippen molar-refractivity contribution >= 4 is 17.6 Å². The van der Waals surface area contributed by atoms with Crippen LogP contribution in [-0.4, -0.2) is 0 Å². The molecule has 132 valence electrons. The van der Waals surface area contributed by atoms with Gasteiger partial charge in [0.05, 0.1) is 0 Å². The maximum Gasteiger partial charge on any atom is 0.135 e. The summed E-state index contributed by atoms with van der Waals surface area (Å²) in [6.07, 6.45) is 5.07. The number of hydrogen-bond donors (Lipinski definition) is 0. The Morgan fingerprint density at radius 1 is 0.593 bits per heavy atom. The van der Waals surface area contributed by atoms with Gasteiger partial charge in [0.25, 0.3) is 0 Å². The Morgan fingerprint density at radius 3 is 1.56 bits per heavy atom. The van der Waals surface area contributed by atoms with Crippen molar-refractivity contribution in [1.29, 1.82) is 0 Å². The van der Waals surface area contributed by atoms with Crippen LogP contribution in [0.5, 0.6) is 0 Å². The molecule has 0 bridgehead atoms. The third kappa shape index (κ3) is 3.72. The van der Waals surface area contributed by atoms with Gasteiger partial charge < -0.3 is 4.74 Å². The van der Waals surface area contributed by atoms with Crippen LogP contribution in [-0.2, 0) is 4.74 Å². The lowest BCUT2D eigenvalue weighted by atomic mass is 10.0. The maximum absolute atomic E-state index is 14.1. The molecule has 3 aromatic rings. The first kappa shape index (κ1) is 17.0. The van der Waals surface area contributed by atoms with Gasteiger partial charge in [0.15, 0.2) is 0 Å². The van der Waals surface area contributed by atoms with Gasteiger partial charge in [0.1, 0.15) is 23.2 Å². The summed E-state index contributed by atoms with van der Waals surface area (Å²) in [5, 5.41) is 0. The average molecular weight is 358 g/mol. The smallest absolute Gasteiger partial charge is 0.135 e. The highest BCUT2D eigenvalue weighted by Gasteiger charge is 2.16. The van der Waals surface area contributed by atoms with Crippen LogP contribution < -0.4 is 0 Å². The molecule has 0 unspecified atom stereocenters. The second kappa shape index (κ2) is 7.42. The highest BCUT2D eigenvalue weighted by atomic mass is 19.1. The molecule has 0 N–H and O–H groups in total. The van der Waals surface area contributed by atoms with Crippen molar-refractivity contribution in [1.82, 2.24) is 0 Å². The number of halogens is 2. The Labute approximate surface area is 156 Å². The van der Waals surface area contributed by atoms with Gasteiger partial charge in [-0.25, -0.2) is 8.78 Å². The van der Waals surface area contributed by atoms with E-state index in [1.54, 1.807) is 12.2 Å². The number of ether oxygens (including phenoxy) is 1. The van der Waals surface area contributed by atoms with Crippen LogP contribution in [0.2, 0.25) is 0 Å². The SMILES string of the molecule is Fc1cccc(F)c1C=C1C=C(c2ccccc2)OC(c2ccccc2)=C1. The van der Waals surface area contributed by atoms with Crippen molar-refractivity contribution in [2.75, 3.05) is 0 Å². The molecule has 3 aromatic carbocycles. The van der Waals surface area contributed by atoms with Crippen LogP contribution in [0.1, 0.15) is 16.7 Å². The van der Waals surface area contributed by atoms with E-state index >= 15 is 0 Å². The zero-order valence-electron chi connectivity index (χ0n) is 14.4. The van der Waals surface area contributed by atoms with Crippen molar-refractivity contribution < 1.29 is 13.5 Å². The Kier molecular flexibility index (Phi) is 4.67. The predicted molar refractivity (Wildman–Crippen MR) is 104 cm³/mol. The number of allylic oxidation sites excluding steroid dienone is 3.